The van der Waals surface area contributed by atoms with Gasteiger partial charge in [0.2, 0.25) is 0 Å². The van der Waals surface area contributed by atoms with Crippen molar-refractivity contribution in [2.45, 2.75) is 38.5 Å². The number of halogens is 3. The highest BCUT2D eigenvalue weighted by molar-refractivity contribution is 5.86. The number of aromatic nitrogens is 2. The Kier molecular flexibility index (Phi) is 8.81. The van der Waals surface area contributed by atoms with Crippen molar-refractivity contribution in [1.82, 2.24) is 19.4 Å². The Balaban J connectivity index is 1.52. The molecule has 0 aliphatic carbocycles. The molecule has 1 aliphatic heterocycles. The number of hydrogen-bond donors (Lipinski definition) is 2. The molecular formula is C29H34F3N7. The molecule has 0 amide bonds. The smallest absolute Gasteiger partial charge is 0.373 e. The van der Waals surface area contributed by atoms with Crippen molar-refractivity contribution < 1.29 is 13.2 Å². The Morgan fingerprint density at radius 1 is 1.08 bits per heavy atom. The number of anilines is 1. The van der Waals surface area contributed by atoms with E-state index in [4.69, 9.17) is 5.73 Å². The van der Waals surface area contributed by atoms with E-state index in [-0.39, 0.29) is 6.54 Å². The molecule has 2 aromatic heterocycles. The van der Waals surface area contributed by atoms with Gasteiger partial charge in [-0.1, -0.05) is 18.1 Å². The summed E-state index contributed by atoms with van der Waals surface area (Å²) in [6.45, 7) is 8.54. The molecule has 7 nitrogen and oxygen atoms in total. The third kappa shape index (κ3) is 7.30. The Hall–Kier alpha value is -3.57. The maximum absolute atomic E-state index is 13.5. The van der Waals surface area contributed by atoms with Gasteiger partial charge in [0.15, 0.2) is 0 Å². The molecular weight excluding hydrogens is 503 g/mol. The van der Waals surface area contributed by atoms with Crippen LogP contribution in [0, 0.1) is 23.2 Å². The number of hydrogen-bond acceptors (Lipinski definition) is 6. The van der Waals surface area contributed by atoms with Gasteiger partial charge in [-0.05, 0) is 49.6 Å². The summed E-state index contributed by atoms with van der Waals surface area (Å²) in [5.74, 6) is 5.90. The van der Waals surface area contributed by atoms with E-state index in [2.05, 4.69) is 38.0 Å². The van der Waals surface area contributed by atoms with Crippen molar-refractivity contribution in [3.05, 3.63) is 59.5 Å². The predicted molar refractivity (Wildman–Crippen MR) is 147 cm³/mol. The predicted octanol–water partition coefficient (Wildman–Crippen LogP) is 3.94. The second-order valence-corrected chi connectivity index (χ2v) is 10.3. The minimum absolute atomic E-state index is 0.232. The first-order valence-electron chi connectivity index (χ1n) is 13.0. The van der Waals surface area contributed by atoms with Gasteiger partial charge in [-0.25, -0.2) is 0 Å². The zero-order valence-electron chi connectivity index (χ0n) is 22.4. The summed E-state index contributed by atoms with van der Waals surface area (Å²) in [4.78, 5) is 9.00. The minimum Gasteiger partial charge on any atom is -0.373 e. The standard InChI is InChI=1S/C29H34F3N7/c1-28(2,20-34)27-9-8-23(18-36-27)35-11-4-6-24-17-25-22(19-38-15-13-37(12-10-33)14-16-38)5-3-7-26(25)39(24)21-29(30,31)32/h3,5,7-9,17-18,35H,10-16,19,21,33H2,1-2H3. The van der Waals surface area contributed by atoms with Gasteiger partial charge in [-0.3, -0.25) is 14.8 Å². The Morgan fingerprint density at radius 2 is 1.82 bits per heavy atom. The zero-order chi connectivity index (χ0) is 28.0. The van der Waals surface area contributed by atoms with E-state index in [1.807, 2.05) is 18.2 Å². The highest BCUT2D eigenvalue weighted by Crippen LogP contribution is 2.28. The van der Waals surface area contributed by atoms with Crippen molar-refractivity contribution >= 4 is 16.6 Å². The molecule has 3 aromatic rings. The normalized spacial score (nSPS) is 15.1. The molecule has 0 unspecified atom stereocenters. The molecule has 1 saturated heterocycles. The topological polar surface area (TPSA) is 86.1 Å². The molecule has 39 heavy (non-hydrogen) atoms. The third-order valence-electron chi connectivity index (χ3n) is 6.96. The van der Waals surface area contributed by atoms with E-state index in [9.17, 15) is 18.4 Å². The molecule has 206 valence electrons. The minimum atomic E-state index is -4.37. The van der Waals surface area contributed by atoms with Gasteiger partial charge in [0, 0.05) is 56.7 Å². The number of rotatable bonds is 8. The fraction of sp³-hybridized carbons (Fsp3) is 0.448. The molecule has 0 bridgehead atoms. The fourth-order valence-electron chi connectivity index (χ4n) is 4.74. The summed E-state index contributed by atoms with van der Waals surface area (Å²) >= 11 is 0. The highest BCUT2D eigenvalue weighted by atomic mass is 19.4. The Bertz CT molecular complexity index is 1370. The zero-order valence-corrected chi connectivity index (χ0v) is 22.4. The number of nitriles is 1. The number of alkyl halides is 3. The Morgan fingerprint density at radius 3 is 2.46 bits per heavy atom. The van der Waals surface area contributed by atoms with E-state index in [1.54, 1.807) is 38.2 Å². The molecule has 0 radical (unpaired) electrons. The Labute approximate surface area is 227 Å². The van der Waals surface area contributed by atoms with E-state index in [0.29, 0.717) is 35.7 Å². The molecule has 10 heteroatoms. The molecule has 3 N–H and O–H groups in total. The monoisotopic (exact) mass is 537 g/mol. The number of nitrogens with two attached hydrogens (primary N) is 1. The maximum atomic E-state index is 13.5. The van der Waals surface area contributed by atoms with Crippen LogP contribution in [-0.4, -0.2) is 71.3 Å². The number of fused-ring (bicyclic) bond motifs is 1. The van der Waals surface area contributed by atoms with Gasteiger partial charge >= 0.3 is 6.18 Å². The van der Waals surface area contributed by atoms with Crippen LogP contribution in [0.4, 0.5) is 18.9 Å². The molecule has 0 atom stereocenters. The first-order valence-corrected chi connectivity index (χ1v) is 13.0. The lowest BCUT2D eigenvalue weighted by Gasteiger charge is -2.34. The number of nitrogens with zero attached hydrogens (tertiary/aromatic N) is 5. The summed E-state index contributed by atoms with van der Waals surface area (Å²) in [5, 5.41) is 13.2. The van der Waals surface area contributed by atoms with Crippen molar-refractivity contribution in [3.63, 3.8) is 0 Å². The van der Waals surface area contributed by atoms with Crippen molar-refractivity contribution in [2.24, 2.45) is 5.73 Å². The van der Waals surface area contributed by atoms with Crippen LogP contribution in [0.2, 0.25) is 0 Å². The summed E-state index contributed by atoms with van der Waals surface area (Å²) < 4.78 is 41.8. The molecule has 1 aliphatic rings. The number of benzene rings is 1. The lowest BCUT2D eigenvalue weighted by atomic mass is 9.91. The summed E-state index contributed by atoms with van der Waals surface area (Å²) in [7, 11) is 0. The van der Waals surface area contributed by atoms with Gasteiger partial charge < -0.3 is 15.6 Å². The number of pyridine rings is 1. The average Bonchev–Trinajstić information content (AvgIpc) is 3.25. The first-order chi connectivity index (χ1) is 18.6. The van der Waals surface area contributed by atoms with E-state index in [1.165, 1.54) is 4.57 Å². The fourth-order valence-corrected chi connectivity index (χ4v) is 4.74. The van der Waals surface area contributed by atoms with Crippen molar-refractivity contribution in [3.8, 4) is 17.9 Å². The van der Waals surface area contributed by atoms with Crippen LogP contribution in [0.15, 0.2) is 42.6 Å². The molecule has 0 spiro atoms. The van der Waals surface area contributed by atoms with Gasteiger partial charge in [-0.15, -0.1) is 0 Å². The van der Waals surface area contributed by atoms with Crippen LogP contribution in [0.1, 0.15) is 30.8 Å². The summed E-state index contributed by atoms with van der Waals surface area (Å²) in [6.07, 6.45) is -2.75. The van der Waals surface area contributed by atoms with E-state index in [0.717, 1.165) is 43.7 Å². The molecule has 1 fully saturated rings. The van der Waals surface area contributed by atoms with Crippen LogP contribution in [-0.2, 0) is 18.5 Å². The van der Waals surface area contributed by atoms with E-state index >= 15 is 0 Å². The lowest BCUT2D eigenvalue weighted by Crippen LogP contribution is -2.47. The van der Waals surface area contributed by atoms with Crippen LogP contribution >= 0.6 is 0 Å². The molecule has 1 aromatic carbocycles. The van der Waals surface area contributed by atoms with Crippen LogP contribution in [0.5, 0.6) is 0 Å². The van der Waals surface area contributed by atoms with Crippen LogP contribution < -0.4 is 11.1 Å². The lowest BCUT2D eigenvalue weighted by molar-refractivity contribution is -0.140. The van der Waals surface area contributed by atoms with Gasteiger partial charge in [0.1, 0.15) is 6.54 Å². The largest absolute Gasteiger partial charge is 0.406 e. The number of nitrogens with one attached hydrogen (secondary N) is 1. The quantitative estimate of drug-likeness (QED) is 0.424. The van der Waals surface area contributed by atoms with Gasteiger partial charge in [0.05, 0.1) is 41.3 Å². The van der Waals surface area contributed by atoms with Crippen molar-refractivity contribution in [2.75, 3.05) is 51.1 Å². The van der Waals surface area contributed by atoms with Crippen LogP contribution in [0.3, 0.4) is 0 Å². The summed E-state index contributed by atoms with van der Waals surface area (Å²) in [6, 6.07) is 13.1. The number of piperazine rings is 1. The molecule has 0 saturated carbocycles. The maximum Gasteiger partial charge on any atom is 0.406 e. The second-order valence-electron chi connectivity index (χ2n) is 10.3. The van der Waals surface area contributed by atoms with E-state index < -0.39 is 18.1 Å². The van der Waals surface area contributed by atoms with Gasteiger partial charge in [-0.2, -0.15) is 18.4 Å². The third-order valence-corrected chi connectivity index (χ3v) is 6.96. The first kappa shape index (κ1) is 28.4. The van der Waals surface area contributed by atoms with Gasteiger partial charge in [0.25, 0.3) is 0 Å². The van der Waals surface area contributed by atoms with Crippen molar-refractivity contribution in [1.29, 1.82) is 5.26 Å². The summed E-state index contributed by atoms with van der Waals surface area (Å²) in [5.41, 5.74) is 8.21. The molecule has 4 rings (SSSR count). The van der Waals surface area contributed by atoms with Crippen LogP contribution in [0.25, 0.3) is 10.9 Å². The average molecular weight is 538 g/mol. The SMILES string of the molecule is CC(C)(C#N)c1ccc(NCC#Cc2cc3c(CN4CCN(CCN)CC4)cccc3n2CC(F)(F)F)cn1. The second kappa shape index (κ2) is 12.1. The highest BCUT2D eigenvalue weighted by Gasteiger charge is 2.30. The molecule has 3 heterocycles.